The molecular formula is C14H30N2O2. The first-order valence-corrected chi connectivity index (χ1v) is 7.08. The van der Waals surface area contributed by atoms with Crippen molar-refractivity contribution in [3.05, 3.63) is 0 Å². The van der Waals surface area contributed by atoms with Gasteiger partial charge in [0.15, 0.2) is 0 Å². The van der Waals surface area contributed by atoms with Gasteiger partial charge in [-0.15, -0.1) is 0 Å². The summed E-state index contributed by atoms with van der Waals surface area (Å²) in [4.78, 5) is 11.7. The number of nitrogens with one attached hydrogen (secondary N) is 2. The lowest BCUT2D eigenvalue weighted by Gasteiger charge is -2.17. The summed E-state index contributed by atoms with van der Waals surface area (Å²) in [6.07, 6.45) is 2.04. The Hall–Kier alpha value is -0.610. The number of carbonyl (C=O) groups is 1. The normalized spacial score (nSPS) is 14.6. The molecule has 4 heteroatoms. The van der Waals surface area contributed by atoms with Crippen molar-refractivity contribution in [1.82, 2.24) is 10.6 Å². The van der Waals surface area contributed by atoms with Gasteiger partial charge >= 0.3 is 0 Å². The fraction of sp³-hybridized carbons (Fsp3) is 0.929. The summed E-state index contributed by atoms with van der Waals surface area (Å²) in [7, 11) is 0. The van der Waals surface area contributed by atoms with Gasteiger partial charge in [-0.05, 0) is 32.6 Å². The van der Waals surface area contributed by atoms with Crippen LogP contribution < -0.4 is 10.6 Å². The lowest BCUT2D eigenvalue weighted by atomic mass is 10.1. The maximum absolute atomic E-state index is 11.7. The minimum atomic E-state index is -0.160. The summed E-state index contributed by atoms with van der Waals surface area (Å²) < 4.78 is 5.48. The first kappa shape index (κ1) is 17.4. The molecule has 1 amide bonds. The predicted octanol–water partition coefficient (Wildman–Crippen LogP) is 1.94. The molecule has 2 unspecified atom stereocenters. The predicted molar refractivity (Wildman–Crippen MR) is 75.6 cm³/mol. The molecule has 2 N–H and O–H groups in total. The fourth-order valence-corrected chi connectivity index (χ4v) is 1.33. The highest BCUT2D eigenvalue weighted by atomic mass is 16.5. The van der Waals surface area contributed by atoms with E-state index in [9.17, 15) is 4.79 Å². The summed E-state index contributed by atoms with van der Waals surface area (Å²) in [6.45, 7) is 12.5. The number of carbonyl (C=O) groups excluding carboxylic acids is 1. The van der Waals surface area contributed by atoms with E-state index in [-0.39, 0.29) is 18.0 Å². The molecule has 0 aromatic carbocycles. The van der Waals surface area contributed by atoms with Crippen LogP contribution in [0.5, 0.6) is 0 Å². The van der Waals surface area contributed by atoms with Crippen LogP contribution in [-0.4, -0.2) is 37.7 Å². The van der Waals surface area contributed by atoms with Gasteiger partial charge in [-0.25, -0.2) is 0 Å². The van der Waals surface area contributed by atoms with Gasteiger partial charge in [-0.1, -0.05) is 20.8 Å². The Labute approximate surface area is 112 Å². The molecule has 4 nitrogen and oxygen atoms in total. The molecule has 0 radical (unpaired) electrons. The van der Waals surface area contributed by atoms with Crippen molar-refractivity contribution in [2.24, 2.45) is 5.92 Å². The van der Waals surface area contributed by atoms with E-state index in [4.69, 9.17) is 4.74 Å². The second-order valence-electron chi connectivity index (χ2n) is 5.29. The van der Waals surface area contributed by atoms with Crippen LogP contribution >= 0.6 is 0 Å². The average molecular weight is 258 g/mol. The highest BCUT2D eigenvalue weighted by molar-refractivity contribution is 5.81. The van der Waals surface area contributed by atoms with Gasteiger partial charge in [0.2, 0.25) is 5.91 Å². The van der Waals surface area contributed by atoms with Crippen molar-refractivity contribution in [3.63, 3.8) is 0 Å². The van der Waals surface area contributed by atoms with E-state index in [0.717, 1.165) is 19.4 Å². The Kier molecular flexibility index (Phi) is 9.98. The molecule has 0 aliphatic rings. The molecule has 0 aromatic rings. The molecule has 0 heterocycles. The molecule has 0 fully saturated rings. The second-order valence-corrected chi connectivity index (χ2v) is 5.29. The first-order valence-electron chi connectivity index (χ1n) is 7.08. The molecule has 0 aliphatic carbocycles. The zero-order valence-electron chi connectivity index (χ0n) is 12.6. The third-order valence-electron chi connectivity index (χ3n) is 2.93. The Bertz CT molecular complexity index is 220. The SMILES string of the molecule is CCC(C)NC(=O)C(C)NCCOCCC(C)C. The zero-order chi connectivity index (χ0) is 14.0. The first-order chi connectivity index (χ1) is 8.47. The van der Waals surface area contributed by atoms with E-state index in [1.54, 1.807) is 0 Å². The molecule has 0 aromatic heterocycles. The Morgan fingerprint density at radius 2 is 1.83 bits per heavy atom. The topological polar surface area (TPSA) is 50.4 Å². The summed E-state index contributed by atoms with van der Waals surface area (Å²) in [5.74, 6) is 0.740. The molecule has 0 aliphatic heterocycles. The van der Waals surface area contributed by atoms with Crippen LogP contribution in [0.3, 0.4) is 0 Å². The van der Waals surface area contributed by atoms with Crippen molar-refractivity contribution < 1.29 is 9.53 Å². The second kappa shape index (κ2) is 10.3. The van der Waals surface area contributed by atoms with Crippen molar-refractivity contribution >= 4 is 5.91 Å². The minimum Gasteiger partial charge on any atom is -0.380 e. The number of amides is 1. The summed E-state index contributed by atoms with van der Waals surface area (Å²) >= 11 is 0. The number of hydrogen-bond acceptors (Lipinski definition) is 3. The van der Waals surface area contributed by atoms with Gasteiger partial charge in [-0.2, -0.15) is 0 Å². The Morgan fingerprint density at radius 1 is 1.17 bits per heavy atom. The quantitative estimate of drug-likeness (QED) is 0.589. The van der Waals surface area contributed by atoms with E-state index in [1.807, 2.05) is 13.8 Å². The molecule has 0 bridgehead atoms. The molecule has 0 saturated heterocycles. The highest BCUT2D eigenvalue weighted by Crippen LogP contribution is 1.98. The Balaban J connectivity index is 3.52. The van der Waals surface area contributed by atoms with E-state index in [2.05, 4.69) is 31.4 Å². The zero-order valence-corrected chi connectivity index (χ0v) is 12.6. The van der Waals surface area contributed by atoms with Crippen LogP contribution in [0, 0.1) is 5.92 Å². The van der Waals surface area contributed by atoms with Gasteiger partial charge in [0.25, 0.3) is 0 Å². The fourth-order valence-electron chi connectivity index (χ4n) is 1.33. The molecule has 18 heavy (non-hydrogen) atoms. The molecule has 0 saturated carbocycles. The molecule has 108 valence electrons. The molecule has 0 spiro atoms. The molecule has 0 rings (SSSR count). The van der Waals surface area contributed by atoms with Crippen molar-refractivity contribution in [1.29, 1.82) is 0 Å². The van der Waals surface area contributed by atoms with Gasteiger partial charge in [0.05, 0.1) is 12.6 Å². The van der Waals surface area contributed by atoms with E-state index < -0.39 is 0 Å². The van der Waals surface area contributed by atoms with Crippen LogP contribution in [0.2, 0.25) is 0 Å². The van der Waals surface area contributed by atoms with E-state index >= 15 is 0 Å². The lowest BCUT2D eigenvalue weighted by molar-refractivity contribution is -0.123. The Morgan fingerprint density at radius 3 is 2.39 bits per heavy atom. The van der Waals surface area contributed by atoms with Crippen molar-refractivity contribution in [2.75, 3.05) is 19.8 Å². The monoisotopic (exact) mass is 258 g/mol. The summed E-state index contributed by atoms with van der Waals surface area (Å²) in [5, 5.41) is 6.12. The van der Waals surface area contributed by atoms with Gasteiger partial charge in [0.1, 0.15) is 0 Å². The maximum Gasteiger partial charge on any atom is 0.237 e. The maximum atomic E-state index is 11.7. The van der Waals surface area contributed by atoms with Crippen LogP contribution in [0.4, 0.5) is 0 Å². The number of hydrogen-bond donors (Lipinski definition) is 2. The number of ether oxygens (including phenoxy) is 1. The van der Waals surface area contributed by atoms with Crippen LogP contribution in [0.15, 0.2) is 0 Å². The minimum absolute atomic E-state index is 0.0616. The average Bonchev–Trinajstić information content (AvgIpc) is 2.32. The smallest absolute Gasteiger partial charge is 0.237 e. The molecule has 2 atom stereocenters. The number of rotatable bonds is 10. The highest BCUT2D eigenvalue weighted by Gasteiger charge is 2.13. The standard InChI is InChI=1S/C14H30N2O2/c1-6-12(4)16-14(17)13(5)15-8-10-18-9-7-11(2)3/h11-13,15H,6-10H2,1-5H3,(H,16,17). The van der Waals surface area contributed by atoms with Gasteiger partial charge < -0.3 is 15.4 Å². The van der Waals surface area contributed by atoms with E-state index in [1.165, 1.54) is 0 Å². The van der Waals surface area contributed by atoms with Gasteiger partial charge in [0, 0.05) is 19.2 Å². The van der Waals surface area contributed by atoms with Gasteiger partial charge in [-0.3, -0.25) is 4.79 Å². The van der Waals surface area contributed by atoms with Crippen LogP contribution in [-0.2, 0) is 9.53 Å². The van der Waals surface area contributed by atoms with Crippen molar-refractivity contribution in [2.45, 2.75) is 59.5 Å². The van der Waals surface area contributed by atoms with Crippen LogP contribution in [0.1, 0.15) is 47.5 Å². The third-order valence-corrected chi connectivity index (χ3v) is 2.93. The van der Waals surface area contributed by atoms with Crippen molar-refractivity contribution in [3.8, 4) is 0 Å². The molecular weight excluding hydrogens is 228 g/mol. The van der Waals surface area contributed by atoms with Crippen LogP contribution in [0.25, 0.3) is 0 Å². The third kappa shape index (κ3) is 9.42. The lowest BCUT2D eigenvalue weighted by Crippen LogP contribution is -2.46. The van der Waals surface area contributed by atoms with E-state index in [0.29, 0.717) is 19.1 Å². The largest absolute Gasteiger partial charge is 0.380 e. The summed E-state index contributed by atoms with van der Waals surface area (Å²) in [6, 6.07) is 0.0803. The summed E-state index contributed by atoms with van der Waals surface area (Å²) in [5.41, 5.74) is 0.